The molecule has 0 radical (unpaired) electrons. The van der Waals surface area contributed by atoms with Gasteiger partial charge in [-0.15, -0.1) is 0 Å². The number of alkyl halides is 1. The molecule has 0 heterocycles. The Hall–Kier alpha value is -0.780. The lowest BCUT2D eigenvalue weighted by Crippen LogP contribution is -2.28. The maximum atomic E-state index is 10.8. The van der Waals surface area contributed by atoms with Crippen LogP contribution in [0.4, 0.5) is 4.79 Å². The van der Waals surface area contributed by atoms with Crippen molar-refractivity contribution in [3.63, 3.8) is 0 Å². The minimum atomic E-state index is -0.829. The van der Waals surface area contributed by atoms with Crippen LogP contribution in [-0.4, -0.2) is 30.5 Å². The summed E-state index contributed by atoms with van der Waals surface area (Å²) in [5.74, 6) is -0.0834. The molecule has 0 fully saturated rings. The van der Waals surface area contributed by atoms with E-state index >= 15 is 0 Å². The molecule has 12 heavy (non-hydrogen) atoms. The van der Waals surface area contributed by atoms with Crippen LogP contribution in [0.2, 0.25) is 0 Å². The first-order chi connectivity index (χ1) is 5.66. The molecule has 0 aromatic rings. The van der Waals surface area contributed by atoms with Crippen LogP contribution < -0.4 is 11.1 Å². The van der Waals surface area contributed by atoms with Crippen LogP contribution in [0.1, 0.15) is 6.42 Å². The highest BCUT2D eigenvalue weighted by Crippen LogP contribution is 1.86. The number of hydrogen-bond acceptors (Lipinski definition) is 3. The van der Waals surface area contributed by atoms with Crippen molar-refractivity contribution in [1.82, 2.24) is 5.32 Å². The molecule has 0 aliphatic rings. The Balaban J connectivity index is 3.19. The molecule has 0 aromatic heterocycles. The van der Waals surface area contributed by atoms with E-state index in [9.17, 15) is 9.59 Å². The van der Waals surface area contributed by atoms with Crippen molar-refractivity contribution in [3.05, 3.63) is 0 Å². The second-order valence-corrected chi connectivity index (χ2v) is 2.75. The van der Waals surface area contributed by atoms with Gasteiger partial charge in [-0.1, -0.05) is 15.9 Å². The molecule has 0 bridgehead atoms. The Kier molecular flexibility index (Phi) is 6.45. The highest BCUT2D eigenvalue weighted by molar-refractivity contribution is 9.09. The second-order valence-electron chi connectivity index (χ2n) is 1.96. The molecule has 0 atom stereocenters. The maximum Gasteiger partial charge on any atom is 0.404 e. The van der Waals surface area contributed by atoms with Crippen LogP contribution in [0.15, 0.2) is 0 Å². The predicted molar refractivity (Wildman–Crippen MR) is 47.0 cm³/mol. The molecule has 2 amide bonds. The Morgan fingerprint density at radius 1 is 1.50 bits per heavy atom. The fourth-order valence-electron chi connectivity index (χ4n) is 0.516. The fourth-order valence-corrected chi connectivity index (χ4v) is 0.876. The summed E-state index contributed by atoms with van der Waals surface area (Å²) in [5.41, 5.74) is 4.69. The Labute approximate surface area is 78.8 Å². The van der Waals surface area contributed by atoms with Crippen LogP contribution in [-0.2, 0) is 9.53 Å². The van der Waals surface area contributed by atoms with E-state index in [1.54, 1.807) is 0 Å². The normalized spacial score (nSPS) is 9.08. The summed E-state index contributed by atoms with van der Waals surface area (Å²) in [4.78, 5) is 20.8. The Morgan fingerprint density at radius 2 is 2.17 bits per heavy atom. The SMILES string of the molecule is NC(=O)OCCNC(=O)CCBr. The summed E-state index contributed by atoms with van der Waals surface area (Å²) in [7, 11) is 0. The van der Waals surface area contributed by atoms with Gasteiger partial charge in [-0.25, -0.2) is 4.79 Å². The number of carbonyl (C=O) groups is 2. The lowest BCUT2D eigenvalue weighted by Gasteiger charge is -2.03. The van der Waals surface area contributed by atoms with Crippen LogP contribution in [0, 0.1) is 0 Å². The van der Waals surface area contributed by atoms with Crippen molar-refractivity contribution >= 4 is 27.9 Å². The van der Waals surface area contributed by atoms with Crippen LogP contribution >= 0.6 is 15.9 Å². The average Bonchev–Trinajstić information content (AvgIpc) is 1.98. The Morgan fingerprint density at radius 3 is 2.67 bits per heavy atom. The zero-order valence-electron chi connectivity index (χ0n) is 6.51. The first kappa shape index (κ1) is 11.2. The van der Waals surface area contributed by atoms with E-state index in [4.69, 9.17) is 0 Å². The summed E-state index contributed by atoms with van der Waals surface area (Å²) in [6.07, 6.45) is -0.416. The number of amides is 2. The molecule has 6 heteroatoms. The van der Waals surface area contributed by atoms with E-state index in [0.29, 0.717) is 18.3 Å². The smallest absolute Gasteiger partial charge is 0.404 e. The first-order valence-corrected chi connectivity index (χ1v) is 4.54. The zero-order chi connectivity index (χ0) is 9.40. The predicted octanol–water partition coefficient (Wildman–Crippen LogP) is -0.0171. The topological polar surface area (TPSA) is 81.4 Å². The van der Waals surface area contributed by atoms with Gasteiger partial charge in [-0.2, -0.15) is 0 Å². The molecule has 0 aliphatic heterocycles. The van der Waals surface area contributed by atoms with Crippen molar-refractivity contribution in [1.29, 1.82) is 0 Å². The number of primary amides is 1. The van der Waals surface area contributed by atoms with E-state index < -0.39 is 6.09 Å². The summed E-state index contributed by atoms with van der Waals surface area (Å²) >= 11 is 3.12. The average molecular weight is 239 g/mol. The van der Waals surface area contributed by atoms with Crippen molar-refractivity contribution in [2.45, 2.75) is 6.42 Å². The van der Waals surface area contributed by atoms with E-state index in [-0.39, 0.29) is 12.5 Å². The van der Waals surface area contributed by atoms with Crippen LogP contribution in [0.5, 0.6) is 0 Å². The second kappa shape index (κ2) is 6.90. The lowest BCUT2D eigenvalue weighted by molar-refractivity contribution is -0.120. The molecular formula is C6H11BrN2O3. The van der Waals surface area contributed by atoms with Gasteiger partial charge in [-0.05, 0) is 0 Å². The van der Waals surface area contributed by atoms with E-state index in [0.717, 1.165) is 0 Å². The van der Waals surface area contributed by atoms with Crippen molar-refractivity contribution in [2.24, 2.45) is 5.73 Å². The van der Waals surface area contributed by atoms with Crippen LogP contribution in [0.25, 0.3) is 0 Å². The van der Waals surface area contributed by atoms with E-state index in [1.165, 1.54) is 0 Å². The summed E-state index contributed by atoms with van der Waals surface area (Å²) in [6.45, 7) is 0.415. The lowest BCUT2D eigenvalue weighted by atomic mass is 10.4. The molecule has 0 aromatic carbocycles. The van der Waals surface area contributed by atoms with Gasteiger partial charge in [0.05, 0.1) is 6.54 Å². The number of nitrogens with two attached hydrogens (primary N) is 1. The van der Waals surface area contributed by atoms with Gasteiger partial charge in [0.2, 0.25) is 5.91 Å². The molecule has 0 saturated carbocycles. The third kappa shape index (κ3) is 7.33. The number of hydrogen-bond donors (Lipinski definition) is 2. The van der Waals surface area contributed by atoms with E-state index in [1.807, 2.05) is 0 Å². The van der Waals surface area contributed by atoms with Crippen LogP contribution in [0.3, 0.4) is 0 Å². The monoisotopic (exact) mass is 238 g/mol. The number of ether oxygens (including phenoxy) is 1. The largest absolute Gasteiger partial charge is 0.448 e. The van der Waals surface area contributed by atoms with Gasteiger partial charge < -0.3 is 15.8 Å². The molecule has 0 aliphatic carbocycles. The highest BCUT2D eigenvalue weighted by Gasteiger charge is 1.98. The van der Waals surface area contributed by atoms with Gasteiger partial charge in [-0.3, -0.25) is 4.79 Å². The summed E-state index contributed by atoms with van der Waals surface area (Å²) in [6, 6.07) is 0. The van der Waals surface area contributed by atoms with Gasteiger partial charge in [0.15, 0.2) is 0 Å². The molecule has 5 nitrogen and oxygen atoms in total. The first-order valence-electron chi connectivity index (χ1n) is 3.41. The molecule has 3 N–H and O–H groups in total. The number of rotatable bonds is 5. The summed E-state index contributed by atoms with van der Waals surface area (Å²) < 4.78 is 4.38. The fraction of sp³-hybridized carbons (Fsp3) is 0.667. The van der Waals surface area contributed by atoms with Crippen molar-refractivity contribution in [3.8, 4) is 0 Å². The van der Waals surface area contributed by atoms with Gasteiger partial charge in [0.1, 0.15) is 6.61 Å². The van der Waals surface area contributed by atoms with Gasteiger partial charge >= 0.3 is 6.09 Å². The molecule has 0 unspecified atom stereocenters. The minimum Gasteiger partial charge on any atom is -0.448 e. The minimum absolute atomic E-state index is 0.0834. The molecule has 0 rings (SSSR count). The number of nitrogens with one attached hydrogen (secondary N) is 1. The maximum absolute atomic E-state index is 10.8. The highest BCUT2D eigenvalue weighted by atomic mass is 79.9. The molecule has 0 saturated heterocycles. The molecular weight excluding hydrogens is 228 g/mol. The Bertz CT molecular complexity index is 163. The molecule has 0 spiro atoms. The van der Waals surface area contributed by atoms with Gasteiger partial charge in [0.25, 0.3) is 0 Å². The number of halogens is 1. The summed E-state index contributed by atoms with van der Waals surface area (Å²) in [5, 5.41) is 3.16. The van der Waals surface area contributed by atoms with Crippen molar-refractivity contribution in [2.75, 3.05) is 18.5 Å². The quantitative estimate of drug-likeness (QED) is 0.522. The third-order valence-electron chi connectivity index (χ3n) is 0.990. The van der Waals surface area contributed by atoms with Crippen molar-refractivity contribution < 1.29 is 14.3 Å². The number of carbonyl (C=O) groups excluding carboxylic acids is 2. The third-order valence-corrected chi connectivity index (χ3v) is 1.39. The standard InChI is InChI=1S/C6H11BrN2O3/c7-2-1-5(10)9-3-4-12-6(8)11/h1-4H2,(H2,8,11)(H,9,10). The van der Waals surface area contributed by atoms with E-state index in [2.05, 4.69) is 31.7 Å². The van der Waals surface area contributed by atoms with Gasteiger partial charge in [0, 0.05) is 11.8 Å². The molecule has 70 valence electrons. The zero-order valence-corrected chi connectivity index (χ0v) is 8.09.